The number of nitrogens with one attached hydrogen (secondary N) is 1. The third kappa shape index (κ3) is 4.23. The molecule has 0 spiro atoms. The largest absolute Gasteiger partial charge is 0.496 e. The molecule has 0 radical (unpaired) electrons. The lowest BCUT2D eigenvalue weighted by atomic mass is 10.0. The van der Waals surface area contributed by atoms with E-state index in [-0.39, 0.29) is 18.3 Å². The van der Waals surface area contributed by atoms with Gasteiger partial charge >= 0.3 is 0 Å². The third-order valence-corrected chi connectivity index (χ3v) is 6.67. The molecule has 0 saturated carbocycles. The summed E-state index contributed by atoms with van der Waals surface area (Å²) in [6.45, 7) is 7.05. The quantitative estimate of drug-likeness (QED) is 0.858. The van der Waals surface area contributed by atoms with E-state index in [2.05, 4.69) is 5.32 Å². The second-order valence-electron chi connectivity index (χ2n) is 6.48. The van der Waals surface area contributed by atoms with Crippen molar-refractivity contribution >= 4 is 22.4 Å². The van der Waals surface area contributed by atoms with Crippen molar-refractivity contribution in [2.75, 3.05) is 27.2 Å². The van der Waals surface area contributed by atoms with E-state index in [1.807, 2.05) is 33.9 Å². The van der Waals surface area contributed by atoms with Crippen LogP contribution in [0, 0.1) is 6.92 Å². The molecule has 0 aliphatic carbocycles. The molecule has 5 nitrogen and oxygen atoms in total. The standard InChI is InChI=1S/C17H28N2O3S.ClH/c1-12(2)15-11-17(13(3)10-16(15)22-5)23(20,21)19-8-6-14(18-4)7-9-19;/h10-12,14,18H,6-9H2,1-5H3;1H. The molecule has 2 rings (SSSR count). The molecule has 1 aliphatic rings. The molecule has 0 atom stereocenters. The number of methoxy groups -OCH3 is 1. The molecule has 1 N–H and O–H groups in total. The van der Waals surface area contributed by atoms with E-state index < -0.39 is 10.0 Å². The highest BCUT2D eigenvalue weighted by atomic mass is 35.5. The van der Waals surface area contributed by atoms with Gasteiger partial charge in [0.1, 0.15) is 5.75 Å². The van der Waals surface area contributed by atoms with E-state index >= 15 is 0 Å². The van der Waals surface area contributed by atoms with Gasteiger partial charge in [-0.15, -0.1) is 12.4 Å². The van der Waals surface area contributed by atoms with Crippen LogP contribution in [0.15, 0.2) is 17.0 Å². The molecule has 0 bridgehead atoms. The van der Waals surface area contributed by atoms with Crippen LogP contribution in [0.25, 0.3) is 0 Å². The van der Waals surface area contributed by atoms with Crippen LogP contribution >= 0.6 is 12.4 Å². The Bertz CT molecular complexity index is 654. The Morgan fingerprint density at radius 2 is 1.83 bits per heavy atom. The molecule has 1 heterocycles. The van der Waals surface area contributed by atoms with Gasteiger partial charge in [-0.2, -0.15) is 4.31 Å². The van der Waals surface area contributed by atoms with Crippen molar-refractivity contribution in [2.45, 2.75) is 50.5 Å². The van der Waals surface area contributed by atoms with Gasteiger partial charge in [-0.1, -0.05) is 13.8 Å². The second-order valence-corrected chi connectivity index (χ2v) is 8.39. The smallest absolute Gasteiger partial charge is 0.243 e. The first-order valence-electron chi connectivity index (χ1n) is 8.17. The molecule has 0 unspecified atom stereocenters. The van der Waals surface area contributed by atoms with Crippen LogP contribution in [0.1, 0.15) is 43.7 Å². The zero-order valence-electron chi connectivity index (χ0n) is 15.1. The third-order valence-electron chi connectivity index (χ3n) is 4.63. The molecule has 1 saturated heterocycles. The van der Waals surface area contributed by atoms with Gasteiger partial charge < -0.3 is 10.1 Å². The maximum atomic E-state index is 13.0. The average molecular weight is 377 g/mol. The Morgan fingerprint density at radius 3 is 2.29 bits per heavy atom. The fraction of sp³-hybridized carbons (Fsp3) is 0.647. The van der Waals surface area contributed by atoms with Gasteiger partial charge in [0, 0.05) is 19.1 Å². The van der Waals surface area contributed by atoms with Gasteiger partial charge in [0.2, 0.25) is 10.0 Å². The predicted octanol–water partition coefficient (Wildman–Crippen LogP) is 2.92. The van der Waals surface area contributed by atoms with Crippen molar-refractivity contribution in [2.24, 2.45) is 0 Å². The van der Waals surface area contributed by atoms with Crippen LogP contribution < -0.4 is 10.1 Å². The number of piperidine rings is 1. The van der Waals surface area contributed by atoms with E-state index in [4.69, 9.17) is 4.74 Å². The molecular formula is C17H29ClN2O3S. The van der Waals surface area contributed by atoms with E-state index in [0.717, 1.165) is 29.7 Å². The summed E-state index contributed by atoms with van der Waals surface area (Å²) in [6, 6.07) is 4.03. The molecule has 138 valence electrons. The van der Waals surface area contributed by atoms with Crippen LogP contribution in [0.2, 0.25) is 0 Å². The lowest BCUT2D eigenvalue weighted by Gasteiger charge is -2.31. The van der Waals surface area contributed by atoms with Crippen molar-refractivity contribution in [3.05, 3.63) is 23.3 Å². The highest BCUT2D eigenvalue weighted by Crippen LogP contribution is 2.33. The monoisotopic (exact) mass is 376 g/mol. The Kier molecular flexibility index (Phi) is 7.53. The summed E-state index contributed by atoms with van der Waals surface area (Å²) in [5, 5.41) is 3.23. The van der Waals surface area contributed by atoms with Gasteiger partial charge in [0.05, 0.1) is 12.0 Å². The molecule has 1 aliphatic heterocycles. The number of halogens is 1. The number of nitrogens with zero attached hydrogens (tertiary/aromatic N) is 1. The molecule has 1 aromatic rings. The highest BCUT2D eigenvalue weighted by Gasteiger charge is 2.31. The van der Waals surface area contributed by atoms with Gasteiger partial charge in [-0.3, -0.25) is 0 Å². The Balaban J connectivity index is 0.00000288. The zero-order chi connectivity index (χ0) is 17.2. The number of hydrogen-bond acceptors (Lipinski definition) is 4. The first-order chi connectivity index (χ1) is 10.8. The molecule has 0 aromatic heterocycles. The van der Waals surface area contributed by atoms with Crippen LogP contribution in [-0.2, 0) is 10.0 Å². The summed E-state index contributed by atoms with van der Waals surface area (Å²) in [5.74, 6) is 0.958. The van der Waals surface area contributed by atoms with E-state index in [9.17, 15) is 8.42 Å². The van der Waals surface area contributed by atoms with Crippen LogP contribution in [0.4, 0.5) is 0 Å². The van der Waals surface area contributed by atoms with Crippen molar-refractivity contribution in [3.63, 3.8) is 0 Å². The predicted molar refractivity (Wildman–Crippen MR) is 99.9 cm³/mol. The number of aryl methyl sites for hydroxylation is 1. The fourth-order valence-corrected chi connectivity index (χ4v) is 4.82. The molecule has 7 heteroatoms. The Labute approximate surface area is 152 Å². The summed E-state index contributed by atoms with van der Waals surface area (Å²) in [6.07, 6.45) is 1.70. The fourth-order valence-electron chi connectivity index (χ4n) is 3.11. The van der Waals surface area contributed by atoms with Crippen LogP contribution in [0.3, 0.4) is 0 Å². The zero-order valence-corrected chi connectivity index (χ0v) is 16.8. The van der Waals surface area contributed by atoms with E-state index in [1.54, 1.807) is 17.5 Å². The minimum atomic E-state index is -3.46. The Morgan fingerprint density at radius 1 is 1.25 bits per heavy atom. The SMILES string of the molecule is CNC1CCN(S(=O)(=O)c2cc(C(C)C)c(OC)cc2C)CC1.Cl. The minimum absolute atomic E-state index is 0. The van der Waals surface area contributed by atoms with Crippen molar-refractivity contribution in [1.29, 1.82) is 0 Å². The average Bonchev–Trinajstić information content (AvgIpc) is 2.53. The van der Waals surface area contributed by atoms with Crippen molar-refractivity contribution in [1.82, 2.24) is 9.62 Å². The molecule has 0 amide bonds. The van der Waals surface area contributed by atoms with E-state index in [0.29, 0.717) is 24.0 Å². The van der Waals surface area contributed by atoms with Gasteiger partial charge in [0.15, 0.2) is 0 Å². The van der Waals surface area contributed by atoms with Gasteiger partial charge in [0.25, 0.3) is 0 Å². The summed E-state index contributed by atoms with van der Waals surface area (Å²) in [5.41, 5.74) is 1.67. The van der Waals surface area contributed by atoms with Crippen molar-refractivity contribution in [3.8, 4) is 5.75 Å². The molecule has 1 fully saturated rings. The molecule has 24 heavy (non-hydrogen) atoms. The molecule has 1 aromatic carbocycles. The van der Waals surface area contributed by atoms with Crippen LogP contribution in [0.5, 0.6) is 5.75 Å². The number of sulfonamides is 1. The lowest BCUT2D eigenvalue weighted by Crippen LogP contribution is -2.44. The first-order valence-corrected chi connectivity index (χ1v) is 9.61. The van der Waals surface area contributed by atoms with Crippen molar-refractivity contribution < 1.29 is 13.2 Å². The summed E-state index contributed by atoms with van der Waals surface area (Å²) < 4.78 is 33.1. The second kappa shape index (κ2) is 8.52. The molecular weight excluding hydrogens is 348 g/mol. The number of ether oxygens (including phenoxy) is 1. The normalized spacial score (nSPS) is 16.9. The van der Waals surface area contributed by atoms with Gasteiger partial charge in [-0.25, -0.2) is 8.42 Å². The van der Waals surface area contributed by atoms with Crippen LogP contribution in [-0.4, -0.2) is 46.0 Å². The van der Waals surface area contributed by atoms with Gasteiger partial charge in [-0.05, 0) is 56.0 Å². The van der Waals surface area contributed by atoms with E-state index in [1.165, 1.54) is 0 Å². The maximum Gasteiger partial charge on any atom is 0.243 e. The number of benzene rings is 1. The summed E-state index contributed by atoms with van der Waals surface area (Å²) in [4.78, 5) is 0.407. The summed E-state index contributed by atoms with van der Waals surface area (Å²) >= 11 is 0. The minimum Gasteiger partial charge on any atom is -0.496 e. The summed E-state index contributed by atoms with van der Waals surface area (Å²) in [7, 11) is 0.0950. The number of hydrogen-bond donors (Lipinski definition) is 1. The lowest BCUT2D eigenvalue weighted by molar-refractivity contribution is 0.298. The highest BCUT2D eigenvalue weighted by molar-refractivity contribution is 7.89. The first kappa shape index (κ1) is 21.2. The topological polar surface area (TPSA) is 58.6 Å². The Hall–Kier alpha value is -0.820. The maximum absolute atomic E-state index is 13.0. The number of rotatable bonds is 5.